The highest BCUT2D eigenvalue weighted by Gasteiger charge is 2.22. The quantitative estimate of drug-likeness (QED) is 0.697. The van der Waals surface area contributed by atoms with Crippen molar-refractivity contribution in [3.8, 4) is 0 Å². The van der Waals surface area contributed by atoms with Crippen LogP contribution in [0.25, 0.3) is 5.65 Å². The number of carbonyl (C=O) groups is 1. The number of pyridine rings is 1. The van der Waals surface area contributed by atoms with E-state index in [9.17, 15) is 9.18 Å². The number of nitrogens with zero attached hydrogens (tertiary/aromatic N) is 3. The monoisotopic (exact) mass is 407 g/mol. The first-order valence-corrected chi connectivity index (χ1v) is 9.84. The van der Waals surface area contributed by atoms with Gasteiger partial charge in [0.15, 0.2) is 11.5 Å². The first-order chi connectivity index (χ1) is 12.9. The van der Waals surface area contributed by atoms with Crippen LogP contribution < -0.4 is 15.5 Å². The van der Waals surface area contributed by atoms with Crippen molar-refractivity contribution in [2.24, 2.45) is 0 Å². The summed E-state index contributed by atoms with van der Waals surface area (Å²) in [5, 5.41) is 7.49. The lowest BCUT2D eigenvalue weighted by atomic mass is 10.2. The van der Waals surface area contributed by atoms with Crippen LogP contribution in [0.4, 0.5) is 15.1 Å². The number of aromatic nitrogens is 2. The number of imidazole rings is 1. The first kappa shape index (κ1) is 18.2. The standard InChI is InChI=1S/C18H19ClFN5OS/c1-10-7-24(4-3-21-10)15-6-13(19)16(27-15)18(26)23-12-5-14(20)17-22-11(2)8-25(17)9-12/h5-6,8-10,21H,3-4,7H2,1-2H3,(H,23,26). The summed E-state index contributed by atoms with van der Waals surface area (Å²) in [7, 11) is 0. The number of thiophene rings is 1. The molecule has 9 heteroatoms. The molecule has 1 fully saturated rings. The molecule has 0 aromatic carbocycles. The van der Waals surface area contributed by atoms with Gasteiger partial charge in [0.2, 0.25) is 0 Å². The second kappa shape index (κ2) is 7.10. The third-order valence-corrected chi connectivity index (χ3v) is 6.05. The highest BCUT2D eigenvalue weighted by Crippen LogP contribution is 2.34. The molecular weight excluding hydrogens is 389 g/mol. The number of piperazine rings is 1. The number of anilines is 2. The van der Waals surface area contributed by atoms with E-state index in [-0.39, 0.29) is 11.6 Å². The van der Waals surface area contributed by atoms with Crippen LogP contribution in [0.2, 0.25) is 5.02 Å². The Balaban J connectivity index is 1.56. The molecule has 4 heterocycles. The lowest BCUT2D eigenvalue weighted by Gasteiger charge is -2.32. The van der Waals surface area contributed by atoms with Crippen LogP contribution in [-0.2, 0) is 0 Å². The van der Waals surface area contributed by atoms with Crippen molar-refractivity contribution in [1.82, 2.24) is 14.7 Å². The Morgan fingerprint density at radius 1 is 1.44 bits per heavy atom. The number of amides is 1. The number of hydrogen-bond acceptors (Lipinski definition) is 5. The van der Waals surface area contributed by atoms with Crippen LogP contribution >= 0.6 is 22.9 Å². The van der Waals surface area contributed by atoms with E-state index in [2.05, 4.69) is 27.4 Å². The van der Waals surface area contributed by atoms with E-state index in [1.807, 2.05) is 6.07 Å². The lowest BCUT2D eigenvalue weighted by molar-refractivity contribution is 0.103. The van der Waals surface area contributed by atoms with Crippen molar-refractivity contribution in [2.75, 3.05) is 29.9 Å². The summed E-state index contributed by atoms with van der Waals surface area (Å²) in [6.07, 6.45) is 3.34. The Labute approximate surface area is 165 Å². The molecule has 4 rings (SSSR count). The molecule has 0 spiro atoms. The minimum absolute atomic E-state index is 0.231. The van der Waals surface area contributed by atoms with Gasteiger partial charge in [0.1, 0.15) is 4.88 Å². The molecule has 6 nitrogen and oxygen atoms in total. The van der Waals surface area contributed by atoms with Crippen molar-refractivity contribution in [3.05, 3.63) is 45.9 Å². The van der Waals surface area contributed by atoms with Crippen molar-refractivity contribution >= 4 is 45.2 Å². The number of rotatable bonds is 3. The zero-order valence-electron chi connectivity index (χ0n) is 14.9. The zero-order valence-corrected chi connectivity index (χ0v) is 16.5. The van der Waals surface area contributed by atoms with Crippen LogP contribution in [0.3, 0.4) is 0 Å². The molecule has 3 aromatic heterocycles. The number of fused-ring (bicyclic) bond motifs is 1. The maximum absolute atomic E-state index is 14.2. The fraction of sp³-hybridized carbons (Fsp3) is 0.333. The van der Waals surface area contributed by atoms with E-state index >= 15 is 0 Å². The predicted octanol–water partition coefficient (Wildman–Crippen LogP) is 3.55. The maximum atomic E-state index is 14.2. The first-order valence-electron chi connectivity index (χ1n) is 8.64. The van der Waals surface area contributed by atoms with Gasteiger partial charge >= 0.3 is 0 Å². The van der Waals surface area contributed by atoms with Crippen molar-refractivity contribution < 1.29 is 9.18 Å². The van der Waals surface area contributed by atoms with Crippen LogP contribution in [0, 0.1) is 12.7 Å². The third-order valence-electron chi connectivity index (χ3n) is 4.45. The fourth-order valence-corrected chi connectivity index (χ4v) is 4.59. The average molecular weight is 408 g/mol. The number of nitrogens with one attached hydrogen (secondary N) is 2. The largest absolute Gasteiger partial charge is 0.361 e. The van der Waals surface area contributed by atoms with E-state index in [4.69, 9.17) is 11.6 Å². The van der Waals surface area contributed by atoms with Gasteiger partial charge in [-0.3, -0.25) is 4.79 Å². The minimum Gasteiger partial charge on any atom is -0.361 e. The molecule has 1 unspecified atom stereocenters. The van der Waals surface area contributed by atoms with Gasteiger partial charge in [-0.25, -0.2) is 9.37 Å². The van der Waals surface area contributed by atoms with Crippen molar-refractivity contribution in [3.63, 3.8) is 0 Å². The summed E-state index contributed by atoms with van der Waals surface area (Å²) >= 11 is 7.66. The van der Waals surface area contributed by atoms with E-state index in [1.54, 1.807) is 23.7 Å². The molecule has 142 valence electrons. The molecule has 27 heavy (non-hydrogen) atoms. The van der Waals surface area contributed by atoms with Gasteiger partial charge in [0.05, 0.1) is 21.4 Å². The molecule has 3 aromatic rings. The summed E-state index contributed by atoms with van der Waals surface area (Å²) in [6, 6.07) is 3.47. The predicted molar refractivity (Wildman–Crippen MR) is 107 cm³/mol. The molecular formula is C18H19ClFN5OS. The maximum Gasteiger partial charge on any atom is 0.267 e. The fourth-order valence-electron chi connectivity index (χ4n) is 3.24. The Hall–Kier alpha value is -2.16. The Morgan fingerprint density at radius 2 is 2.26 bits per heavy atom. The molecule has 0 saturated carbocycles. The summed E-state index contributed by atoms with van der Waals surface area (Å²) in [6.45, 7) is 6.53. The summed E-state index contributed by atoms with van der Waals surface area (Å²) in [5.41, 5.74) is 1.28. The van der Waals surface area contributed by atoms with E-state index in [1.165, 1.54) is 17.4 Å². The van der Waals surface area contributed by atoms with Crippen LogP contribution in [0.1, 0.15) is 22.3 Å². The third kappa shape index (κ3) is 3.65. The van der Waals surface area contributed by atoms with Gasteiger partial charge in [0.25, 0.3) is 5.91 Å². The second-order valence-electron chi connectivity index (χ2n) is 6.71. The summed E-state index contributed by atoms with van der Waals surface area (Å²) < 4.78 is 15.8. The summed E-state index contributed by atoms with van der Waals surface area (Å²) in [4.78, 5) is 19.4. The molecule has 2 N–H and O–H groups in total. The molecule has 0 radical (unpaired) electrons. The van der Waals surface area contributed by atoms with Gasteiger partial charge in [-0.2, -0.15) is 0 Å². The smallest absolute Gasteiger partial charge is 0.267 e. The summed E-state index contributed by atoms with van der Waals surface area (Å²) in [5.74, 6) is -0.844. The minimum atomic E-state index is -0.492. The van der Waals surface area contributed by atoms with Crippen molar-refractivity contribution in [1.29, 1.82) is 0 Å². The molecule has 1 saturated heterocycles. The van der Waals surface area contributed by atoms with E-state index in [0.717, 1.165) is 24.6 Å². The Kier molecular flexibility index (Phi) is 4.79. The zero-order chi connectivity index (χ0) is 19.1. The number of hydrogen-bond donors (Lipinski definition) is 2. The number of carbonyl (C=O) groups excluding carboxylic acids is 1. The normalized spacial score (nSPS) is 17.5. The highest BCUT2D eigenvalue weighted by atomic mass is 35.5. The van der Waals surface area contributed by atoms with Crippen LogP contribution in [0.5, 0.6) is 0 Å². The van der Waals surface area contributed by atoms with Gasteiger partial charge in [0, 0.05) is 44.1 Å². The Morgan fingerprint density at radius 3 is 3.04 bits per heavy atom. The van der Waals surface area contributed by atoms with Crippen molar-refractivity contribution in [2.45, 2.75) is 19.9 Å². The molecule has 0 bridgehead atoms. The van der Waals surface area contributed by atoms with Gasteiger partial charge in [-0.05, 0) is 19.9 Å². The average Bonchev–Trinajstić information content (AvgIpc) is 3.17. The topological polar surface area (TPSA) is 61.7 Å². The van der Waals surface area contributed by atoms with Gasteiger partial charge in [-0.15, -0.1) is 11.3 Å². The second-order valence-corrected chi connectivity index (χ2v) is 8.14. The van der Waals surface area contributed by atoms with E-state index in [0.29, 0.717) is 27.3 Å². The molecule has 1 aliphatic heterocycles. The van der Waals surface area contributed by atoms with Crippen LogP contribution in [-0.4, -0.2) is 41.0 Å². The lowest BCUT2D eigenvalue weighted by Crippen LogP contribution is -2.49. The SMILES string of the molecule is Cc1cn2cc(NC(=O)c3sc(N4CCNC(C)C4)cc3Cl)cc(F)c2n1. The Bertz CT molecular complexity index is 1020. The number of aryl methyl sites for hydroxylation is 1. The van der Waals surface area contributed by atoms with E-state index < -0.39 is 5.82 Å². The van der Waals surface area contributed by atoms with Gasteiger partial charge in [-0.1, -0.05) is 11.6 Å². The highest BCUT2D eigenvalue weighted by molar-refractivity contribution is 7.18. The van der Waals surface area contributed by atoms with Crippen LogP contribution in [0.15, 0.2) is 24.5 Å². The molecule has 1 aliphatic rings. The van der Waals surface area contributed by atoms with Gasteiger partial charge < -0.3 is 19.9 Å². The molecule has 0 aliphatic carbocycles. The molecule has 1 amide bonds. The number of halogens is 2. The molecule has 1 atom stereocenters.